The van der Waals surface area contributed by atoms with Crippen molar-refractivity contribution >= 4 is 18.0 Å². The van der Waals surface area contributed by atoms with Gasteiger partial charge in [-0.2, -0.15) is 0 Å². The van der Waals surface area contributed by atoms with Gasteiger partial charge in [0.05, 0.1) is 13.0 Å². The van der Waals surface area contributed by atoms with Crippen molar-refractivity contribution in [2.24, 2.45) is 29.1 Å². The Morgan fingerprint density at radius 2 is 2.15 bits per heavy atom. The van der Waals surface area contributed by atoms with Crippen molar-refractivity contribution < 1.29 is 19.1 Å². The van der Waals surface area contributed by atoms with Gasteiger partial charge in [-0.05, 0) is 30.6 Å². The molecule has 2 unspecified atom stereocenters. The zero-order valence-corrected chi connectivity index (χ0v) is 12.1. The summed E-state index contributed by atoms with van der Waals surface area (Å²) in [6.45, 7) is 5.80. The molecule has 0 N–H and O–H groups in total. The normalized spacial score (nSPS) is 40.6. The SMILES string of the molecule is C=C[C@H]1C(C=O)CC[C@]2(C)C1C(=O)CC[C@H]2C(=O)OC. The fourth-order valence-corrected chi connectivity index (χ4v) is 4.26. The lowest BCUT2D eigenvalue weighted by atomic mass is 9.50. The predicted octanol–water partition coefficient (Wildman–Crippen LogP) is 2.17. The highest BCUT2D eigenvalue weighted by Gasteiger charge is 2.56. The van der Waals surface area contributed by atoms with E-state index in [1.807, 2.05) is 6.92 Å². The number of esters is 1. The minimum absolute atomic E-state index is 0.157. The highest BCUT2D eigenvalue weighted by molar-refractivity contribution is 5.87. The number of allylic oxidation sites excluding steroid dienone is 1. The molecule has 0 bridgehead atoms. The first-order valence-electron chi connectivity index (χ1n) is 7.18. The van der Waals surface area contributed by atoms with Crippen molar-refractivity contribution in [1.82, 2.24) is 0 Å². The van der Waals surface area contributed by atoms with E-state index in [0.717, 1.165) is 6.29 Å². The lowest BCUT2D eigenvalue weighted by Crippen LogP contribution is -2.54. The molecule has 4 nitrogen and oxygen atoms in total. The Morgan fingerprint density at radius 3 is 2.70 bits per heavy atom. The number of aldehydes is 1. The monoisotopic (exact) mass is 278 g/mol. The first-order chi connectivity index (χ1) is 9.49. The number of carbonyl (C=O) groups excluding carboxylic acids is 3. The minimum Gasteiger partial charge on any atom is -0.469 e. The minimum atomic E-state index is -0.416. The van der Waals surface area contributed by atoms with Gasteiger partial charge in [0.15, 0.2) is 0 Å². The van der Waals surface area contributed by atoms with Gasteiger partial charge in [0.25, 0.3) is 0 Å². The van der Waals surface area contributed by atoms with E-state index in [9.17, 15) is 14.4 Å². The van der Waals surface area contributed by atoms with Crippen LogP contribution in [0.25, 0.3) is 0 Å². The average molecular weight is 278 g/mol. The largest absolute Gasteiger partial charge is 0.469 e. The molecule has 0 saturated heterocycles. The maximum atomic E-state index is 12.4. The summed E-state index contributed by atoms with van der Waals surface area (Å²) in [4.78, 5) is 35.7. The van der Waals surface area contributed by atoms with E-state index < -0.39 is 5.41 Å². The average Bonchev–Trinajstić information content (AvgIpc) is 2.45. The van der Waals surface area contributed by atoms with Crippen molar-refractivity contribution in [1.29, 1.82) is 0 Å². The van der Waals surface area contributed by atoms with Gasteiger partial charge < -0.3 is 9.53 Å². The number of ether oxygens (including phenoxy) is 1. The predicted molar refractivity (Wildman–Crippen MR) is 73.8 cm³/mol. The van der Waals surface area contributed by atoms with Gasteiger partial charge in [-0.3, -0.25) is 9.59 Å². The lowest BCUT2D eigenvalue weighted by Gasteiger charge is -2.52. The number of Topliss-reactive ketones (excluding diaryl/α,β-unsaturated/α-hetero) is 1. The zero-order valence-electron chi connectivity index (χ0n) is 12.1. The summed E-state index contributed by atoms with van der Waals surface area (Å²) < 4.78 is 4.92. The Morgan fingerprint density at radius 1 is 1.45 bits per heavy atom. The van der Waals surface area contributed by atoms with Crippen LogP contribution in [-0.4, -0.2) is 25.1 Å². The van der Waals surface area contributed by atoms with E-state index in [2.05, 4.69) is 6.58 Å². The van der Waals surface area contributed by atoms with Crippen LogP contribution >= 0.6 is 0 Å². The van der Waals surface area contributed by atoms with Crippen LogP contribution < -0.4 is 0 Å². The van der Waals surface area contributed by atoms with Gasteiger partial charge in [0.2, 0.25) is 0 Å². The van der Waals surface area contributed by atoms with Gasteiger partial charge in [0, 0.05) is 18.3 Å². The molecule has 2 rings (SSSR count). The first-order valence-corrected chi connectivity index (χ1v) is 7.18. The Hall–Kier alpha value is -1.45. The van der Waals surface area contributed by atoms with Crippen LogP contribution in [0.5, 0.6) is 0 Å². The second-order valence-corrected chi connectivity index (χ2v) is 6.22. The van der Waals surface area contributed by atoms with Gasteiger partial charge in [-0.15, -0.1) is 6.58 Å². The molecule has 0 radical (unpaired) electrons. The van der Waals surface area contributed by atoms with Crippen LogP contribution in [0, 0.1) is 29.1 Å². The smallest absolute Gasteiger partial charge is 0.309 e. The first kappa shape index (κ1) is 14.9. The molecule has 0 aromatic rings. The molecule has 0 spiro atoms. The quantitative estimate of drug-likeness (QED) is 0.451. The van der Waals surface area contributed by atoms with Crippen LogP contribution in [0.3, 0.4) is 0 Å². The molecular formula is C16H22O4. The molecule has 0 aliphatic heterocycles. The van der Waals surface area contributed by atoms with Crippen molar-refractivity contribution in [2.45, 2.75) is 32.6 Å². The molecule has 0 heterocycles. The maximum Gasteiger partial charge on any atom is 0.309 e. The summed E-state index contributed by atoms with van der Waals surface area (Å²) in [6, 6.07) is 0. The van der Waals surface area contributed by atoms with E-state index in [4.69, 9.17) is 4.74 Å². The molecule has 0 amide bonds. The maximum absolute atomic E-state index is 12.4. The molecule has 0 aromatic heterocycles. The Labute approximate surface area is 119 Å². The molecule has 0 aromatic carbocycles. The number of methoxy groups -OCH3 is 1. The van der Waals surface area contributed by atoms with Crippen LogP contribution in [-0.2, 0) is 19.1 Å². The number of carbonyl (C=O) groups is 3. The van der Waals surface area contributed by atoms with Crippen molar-refractivity contribution in [3.05, 3.63) is 12.7 Å². The summed E-state index contributed by atoms with van der Waals surface area (Å²) in [6.07, 6.45) is 4.99. The molecule has 20 heavy (non-hydrogen) atoms. The highest BCUT2D eigenvalue weighted by atomic mass is 16.5. The molecule has 2 aliphatic carbocycles. The Bertz CT molecular complexity index is 442. The third kappa shape index (κ3) is 2.11. The molecule has 2 saturated carbocycles. The van der Waals surface area contributed by atoms with E-state index in [1.54, 1.807) is 6.08 Å². The number of ketones is 1. The van der Waals surface area contributed by atoms with Crippen molar-refractivity contribution in [2.75, 3.05) is 7.11 Å². The van der Waals surface area contributed by atoms with Crippen molar-refractivity contribution in [3.8, 4) is 0 Å². The molecule has 110 valence electrons. The number of hydrogen-bond acceptors (Lipinski definition) is 4. The van der Waals surface area contributed by atoms with Crippen LogP contribution in [0.15, 0.2) is 12.7 Å². The molecule has 2 fully saturated rings. The van der Waals surface area contributed by atoms with Crippen LogP contribution in [0.4, 0.5) is 0 Å². The second-order valence-electron chi connectivity index (χ2n) is 6.22. The van der Waals surface area contributed by atoms with Gasteiger partial charge >= 0.3 is 5.97 Å². The Balaban J connectivity index is 2.41. The standard InChI is InChI=1S/C16H22O4/c1-4-11-10(9-17)7-8-16(2)12(15(19)20-3)5-6-13(18)14(11)16/h4,9-12,14H,1,5-8H2,2-3H3/t10?,11-,12-,14?,16-/m0/s1. The second kappa shape index (κ2) is 5.51. The Kier molecular flexibility index (Phi) is 4.11. The third-order valence-corrected chi connectivity index (χ3v) is 5.36. The van der Waals surface area contributed by atoms with Gasteiger partial charge in [-0.25, -0.2) is 0 Å². The fourth-order valence-electron chi connectivity index (χ4n) is 4.26. The highest BCUT2D eigenvalue weighted by Crippen LogP contribution is 2.55. The summed E-state index contributed by atoms with van der Waals surface area (Å²) in [5.41, 5.74) is -0.416. The van der Waals surface area contributed by atoms with Crippen LogP contribution in [0.2, 0.25) is 0 Å². The van der Waals surface area contributed by atoms with Gasteiger partial charge in [-0.1, -0.05) is 13.0 Å². The fraction of sp³-hybridized carbons (Fsp3) is 0.688. The van der Waals surface area contributed by atoms with E-state index >= 15 is 0 Å². The molecule has 2 aliphatic rings. The van der Waals surface area contributed by atoms with Gasteiger partial charge in [0.1, 0.15) is 12.1 Å². The number of fused-ring (bicyclic) bond motifs is 1. The number of hydrogen-bond donors (Lipinski definition) is 0. The summed E-state index contributed by atoms with van der Waals surface area (Å²) >= 11 is 0. The third-order valence-electron chi connectivity index (χ3n) is 5.36. The van der Waals surface area contributed by atoms with Crippen molar-refractivity contribution in [3.63, 3.8) is 0 Å². The van der Waals surface area contributed by atoms with E-state index in [1.165, 1.54) is 7.11 Å². The topological polar surface area (TPSA) is 60.4 Å². The summed E-state index contributed by atoms with van der Waals surface area (Å²) in [7, 11) is 1.39. The molecular weight excluding hydrogens is 256 g/mol. The van der Waals surface area contributed by atoms with E-state index in [-0.39, 0.29) is 35.4 Å². The summed E-state index contributed by atoms with van der Waals surface area (Å²) in [5.74, 6) is -0.953. The number of rotatable bonds is 3. The molecule has 5 atom stereocenters. The van der Waals surface area contributed by atoms with E-state index in [0.29, 0.717) is 25.7 Å². The summed E-state index contributed by atoms with van der Waals surface area (Å²) in [5, 5.41) is 0. The zero-order chi connectivity index (χ0) is 14.9. The lowest BCUT2D eigenvalue weighted by molar-refractivity contribution is -0.163. The molecule has 4 heteroatoms. The van der Waals surface area contributed by atoms with Crippen LogP contribution in [0.1, 0.15) is 32.6 Å².